The molecule has 0 aliphatic carbocycles. The van der Waals surface area contributed by atoms with Crippen LogP contribution in [0.15, 0.2) is 22.7 Å². The van der Waals surface area contributed by atoms with Crippen LogP contribution in [0.2, 0.25) is 0 Å². The molecule has 0 aromatic heterocycles. The maximum atomic E-state index is 11.4. The molecule has 0 spiro atoms. The molecule has 0 bridgehead atoms. The zero-order chi connectivity index (χ0) is 13.7. The molecular weight excluding hydrogens is 296 g/mol. The summed E-state index contributed by atoms with van der Waals surface area (Å²) in [5.41, 5.74) is 6.81. The van der Waals surface area contributed by atoms with Crippen LogP contribution in [-0.2, 0) is 4.79 Å². The third kappa shape index (κ3) is 4.31. The van der Waals surface area contributed by atoms with Gasteiger partial charge in [0.1, 0.15) is 5.75 Å². The van der Waals surface area contributed by atoms with Crippen molar-refractivity contribution >= 4 is 21.8 Å². The molecule has 1 atom stereocenters. The van der Waals surface area contributed by atoms with Crippen molar-refractivity contribution in [3.8, 4) is 5.75 Å². The van der Waals surface area contributed by atoms with Gasteiger partial charge >= 0.3 is 0 Å². The van der Waals surface area contributed by atoms with Crippen LogP contribution in [0.25, 0.3) is 0 Å². The normalized spacial score (nSPS) is 12.1. The van der Waals surface area contributed by atoms with Gasteiger partial charge in [0, 0.05) is 30.2 Å². The quantitative estimate of drug-likeness (QED) is 0.907. The first-order chi connectivity index (χ1) is 8.41. The van der Waals surface area contributed by atoms with Gasteiger partial charge in [0.2, 0.25) is 5.91 Å². The minimum Gasteiger partial charge on any atom is -0.493 e. The van der Waals surface area contributed by atoms with Crippen LogP contribution in [0.3, 0.4) is 0 Å². The molecule has 0 radical (unpaired) electrons. The van der Waals surface area contributed by atoms with E-state index < -0.39 is 0 Å². The largest absolute Gasteiger partial charge is 0.493 e. The number of benzene rings is 1. The van der Waals surface area contributed by atoms with Crippen molar-refractivity contribution < 1.29 is 9.53 Å². The number of nitrogens with zero attached hydrogens (tertiary/aromatic N) is 1. The number of carbonyl (C=O) groups excluding carboxylic acids is 1. The summed E-state index contributed by atoms with van der Waals surface area (Å²) in [6.45, 7) is 2.26. The molecule has 0 aliphatic heterocycles. The van der Waals surface area contributed by atoms with E-state index in [1.807, 2.05) is 25.1 Å². The van der Waals surface area contributed by atoms with Gasteiger partial charge in [-0.3, -0.25) is 4.79 Å². The monoisotopic (exact) mass is 314 g/mol. The predicted molar refractivity (Wildman–Crippen MR) is 75.6 cm³/mol. The first-order valence-electron chi connectivity index (χ1n) is 5.79. The molecular formula is C13H19BrN2O2. The number of hydrogen-bond donors (Lipinski definition) is 1. The fourth-order valence-corrected chi connectivity index (χ4v) is 1.82. The Balaban J connectivity index is 2.66. The first-order valence-corrected chi connectivity index (χ1v) is 6.59. The van der Waals surface area contributed by atoms with Gasteiger partial charge < -0.3 is 15.4 Å². The van der Waals surface area contributed by atoms with Gasteiger partial charge in [-0.15, -0.1) is 0 Å². The van der Waals surface area contributed by atoms with E-state index >= 15 is 0 Å². The molecule has 100 valence electrons. The lowest BCUT2D eigenvalue weighted by Gasteiger charge is -2.15. The Morgan fingerprint density at radius 1 is 1.50 bits per heavy atom. The average molecular weight is 315 g/mol. The van der Waals surface area contributed by atoms with Crippen molar-refractivity contribution in [2.45, 2.75) is 19.4 Å². The van der Waals surface area contributed by atoms with Gasteiger partial charge in [-0.25, -0.2) is 0 Å². The molecule has 1 aromatic carbocycles. The molecule has 18 heavy (non-hydrogen) atoms. The minimum absolute atomic E-state index is 0.0485. The number of hydrogen-bond acceptors (Lipinski definition) is 3. The number of amides is 1. The maximum absolute atomic E-state index is 11.4. The Labute approximate surface area is 116 Å². The molecule has 0 fully saturated rings. The lowest BCUT2D eigenvalue weighted by molar-refractivity contribution is -0.129. The van der Waals surface area contributed by atoms with Gasteiger partial charge in [-0.2, -0.15) is 0 Å². The highest BCUT2D eigenvalue weighted by Gasteiger charge is 2.10. The number of rotatable bonds is 5. The van der Waals surface area contributed by atoms with Crippen molar-refractivity contribution in [2.24, 2.45) is 5.73 Å². The van der Waals surface area contributed by atoms with Gasteiger partial charge in [0.15, 0.2) is 0 Å². The van der Waals surface area contributed by atoms with Crippen LogP contribution in [-0.4, -0.2) is 31.5 Å². The Bertz CT molecular complexity index is 419. The van der Waals surface area contributed by atoms with E-state index in [4.69, 9.17) is 10.5 Å². The van der Waals surface area contributed by atoms with E-state index in [1.54, 1.807) is 19.0 Å². The molecule has 5 heteroatoms. The molecule has 0 heterocycles. The smallest absolute Gasteiger partial charge is 0.225 e. The Morgan fingerprint density at radius 2 is 2.17 bits per heavy atom. The number of carbonyl (C=O) groups is 1. The zero-order valence-corrected chi connectivity index (χ0v) is 12.5. The summed E-state index contributed by atoms with van der Waals surface area (Å²) in [5.74, 6) is 0.776. The van der Waals surface area contributed by atoms with Crippen LogP contribution < -0.4 is 10.5 Å². The number of nitrogens with two attached hydrogens (primary N) is 1. The van der Waals surface area contributed by atoms with Crippen LogP contribution in [0.1, 0.15) is 24.9 Å². The fourth-order valence-electron chi connectivity index (χ4n) is 1.48. The third-order valence-electron chi connectivity index (χ3n) is 2.54. The van der Waals surface area contributed by atoms with Crippen LogP contribution in [0, 0.1) is 0 Å². The molecule has 0 aliphatic rings. The minimum atomic E-state index is -0.0994. The molecule has 1 rings (SSSR count). The van der Waals surface area contributed by atoms with Crippen molar-refractivity contribution in [3.63, 3.8) is 0 Å². The topological polar surface area (TPSA) is 55.6 Å². The van der Waals surface area contributed by atoms with Gasteiger partial charge in [0.05, 0.1) is 13.0 Å². The van der Waals surface area contributed by atoms with Crippen molar-refractivity contribution in [3.05, 3.63) is 28.2 Å². The molecule has 0 unspecified atom stereocenters. The second-order valence-electron chi connectivity index (χ2n) is 4.36. The van der Waals surface area contributed by atoms with Crippen molar-refractivity contribution in [1.29, 1.82) is 0 Å². The van der Waals surface area contributed by atoms with Crippen LogP contribution in [0.4, 0.5) is 0 Å². The number of ether oxygens (including phenoxy) is 1. The van der Waals surface area contributed by atoms with Crippen LogP contribution >= 0.6 is 15.9 Å². The second-order valence-corrected chi connectivity index (χ2v) is 5.27. The Hall–Kier alpha value is -1.07. The summed E-state index contributed by atoms with van der Waals surface area (Å²) in [4.78, 5) is 13.0. The van der Waals surface area contributed by atoms with E-state index in [0.717, 1.165) is 15.8 Å². The highest BCUT2D eigenvalue weighted by molar-refractivity contribution is 9.10. The molecule has 1 amide bonds. The first kappa shape index (κ1) is 15.0. The lowest BCUT2D eigenvalue weighted by atomic mass is 10.1. The Morgan fingerprint density at radius 3 is 2.72 bits per heavy atom. The van der Waals surface area contributed by atoms with E-state index in [1.165, 1.54) is 0 Å². The van der Waals surface area contributed by atoms with Gasteiger partial charge in [0.25, 0.3) is 0 Å². The SMILES string of the molecule is C[C@H](N)c1ccc(Br)cc1OCCC(=O)N(C)C. The molecule has 4 nitrogen and oxygen atoms in total. The summed E-state index contributed by atoms with van der Waals surface area (Å²) in [6.07, 6.45) is 0.359. The molecule has 2 N–H and O–H groups in total. The lowest BCUT2D eigenvalue weighted by Crippen LogP contribution is -2.23. The van der Waals surface area contributed by atoms with Gasteiger partial charge in [-0.1, -0.05) is 22.0 Å². The zero-order valence-electron chi connectivity index (χ0n) is 10.9. The molecule has 0 saturated heterocycles. The standard InChI is InChI=1S/C13H19BrN2O2/c1-9(15)11-5-4-10(14)8-12(11)18-7-6-13(17)16(2)3/h4-5,8-9H,6-7,15H2,1-3H3/t9-/m0/s1. The predicted octanol–water partition coefficient (Wildman–Crippen LogP) is 2.33. The van der Waals surface area contributed by atoms with E-state index in [-0.39, 0.29) is 11.9 Å². The van der Waals surface area contributed by atoms with E-state index in [0.29, 0.717) is 13.0 Å². The third-order valence-corrected chi connectivity index (χ3v) is 3.03. The van der Waals surface area contributed by atoms with Crippen molar-refractivity contribution in [1.82, 2.24) is 4.90 Å². The summed E-state index contributed by atoms with van der Waals surface area (Å²) in [6, 6.07) is 5.63. The van der Waals surface area contributed by atoms with Crippen molar-refractivity contribution in [2.75, 3.05) is 20.7 Å². The fraction of sp³-hybridized carbons (Fsp3) is 0.462. The maximum Gasteiger partial charge on any atom is 0.225 e. The second kappa shape index (κ2) is 6.75. The average Bonchev–Trinajstić information content (AvgIpc) is 2.28. The Kier molecular flexibility index (Phi) is 5.62. The van der Waals surface area contributed by atoms with Gasteiger partial charge in [-0.05, 0) is 19.1 Å². The summed E-state index contributed by atoms with van der Waals surface area (Å²) in [7, 11) is 3.46. The highest BCUT2D eigenvalue weighted by atomic mass is 79.9. The van der Waals surface area contributed by atoms with E-state index in [9.17, 15) is 4.79 Å². The van der Waals surface area contributed by atoms with Crippen LogP contribution in [0.5, 0.6) is 5.75 Å². The number of halogens is 1. The summed E-state index contributed by atoms with van der Waals surface area (Å²) >= 11 is 3.39. The molecule has 1 aromatic rings. The van der Waals surface area contributed by atoms with E-state index in [2.05, 4.69) is 15.9 Å². The highest BCUT2D eigenvalue weighted by Crippen LogP contribution is 2.27. The molecule has 0 saturated carbocycles. The summed E-state index contributed by atoms with van der Waals surface area (Å²) < 4.78 is 6.57. The summed E-state index contributed by atoms with van der Waals surface area (Å²) in [5, 5.41) is 0.